The molecule has 1 aliphatic rings. The third kappa shape index (κ3) is 5.40. The summed E-state index contributed by atoms with van der Waals surface area (Å²) in [6.45, 7) is 18.7. The second-order valence-corrected chi connectivity index (χ2v) is 15.8. The molecular formula is C24H37N3O4Si. The lowest BCUT2D eigenvalue weighted by molar-refractivity contribution is 0.0446. The Hall–Kier alpha value is -2.19. The summed E-state index contributed by atoms with van der Waals surface area (Å²) in [7, 11) is -2.06. The first-order chi connectivity index (χ1) is 14.7. The van der Waals surface area contributed by atoms with Crippen molar-refractivity contribution in [1.82, 2.24) is 15.5 Å². The maximum absolute atomic E-state index is 12.6. The molecule has 0 bridgehead atoms. The summed E-state index contributed by atoms with van der Waals surface area (Å²) >= 11 is 0. The van der Waals surface area contributed by atoms with E-state index in [0.717, 1.165) is 16.7 Å². The van der Waals surface area contributed by atoms with E-state index in [1.807, 2.05) is 39.8 Å². The van der Waals surface area contributed by atoms with Crippen molar-refractivity contribution >= 4 is 14.4 Å². The van der Waals surface area contributed by atoms with Crippen molar-refractivity contribution in [2.45, 2.75) is 97.2 Å². The lowest BCUT2D eigenvalue weighted by Gasteiger charge is -2.40. The van der Waals surface area contributed by atoms with Crippen LogP contribution in [-0.4, -0.2) is 36.3 Å². The van der Waals surface area contributed by atoms with Gasteiger partial charge in [-0.2, -0.15) is 4.98 Å². The number of carbonyl (C=O) groups excluding carboxylic acids is 1. The van der Waals surface area contributed by atoms with Crippen molar-refractivity contribution in [3.63, 3.8) is 0 Å². The van der Waals surface area contributed by atoms with Gasteiger partial charge in [0.05, 0.1) is 12.1 Å². The number of fused-ring (bicyclic) bond motifs is 1. The van der Waals surface area contributed by atoms with E-state index in [4.69, 9.17) is 13.7 Å². The van der Waals surface area contributed by atoms with Crippen LogP contribution in [0.25, 0.3) is 11.4 Å². The fourth-order valence-electron chi connectivity index (χ4n) is 3.55. The van der Waals surface area contributed by atoms with Gasteiger partial charge in [0.15, 0.2) is 8.32 Å². The molecule has 1 N–H and O–H groups in total. The number of carbonyl (C=O) groups is 1. The number of alkyl carbamates (subject to hydrolysis) is 1. The minimum Gasteiger partial charge on any atom is -0.444 e. The lowest BCUT2D eigenvalue weighted by atomic mass is 10.0. The molecule has 0 spiro atoms. The number of benzene rings is 1. The molecule has 1 unspecified atom stereocenters. The maximum Gasteiger partial charge on any atom is 0.408 e. The van der Waals surface area contributed by atoms with E-state index in [2.05, 4.69) is 55.4 Å². The molecule has 8 heteroatoms. The van der Waals surface area contributed by atoms with Crippen LogP contribution in [0.15, 0.2) is 22.7 Å². The molecule has 1 amide bonds. The highest BCUT2D eigenvalue weighted by Gasteiger charge is 2.44. The second kappa shape index (κ2) is 8.63. The largest absolute Gasteiger partial charge is 0.444 e. The third-order valence-corrected chi connectivity index (χ3v) is 10.7. The van der Waals surface area contributed by atoms with Gasteiger partial charge in [-0.3, -0.25) is 0 Å². The normalized spacial score (nSPS) is 19.0. The number of hydrogen-bond donors (Lipinski definition) is 1. The number of aryl methyl sites for hydroxylation is 1. The van der Waals surface area contributed by atoms with Crippen LogP contribution in [0.3, 0.4) is 0 Å². The van der Waals surface area contributed by atoms with Crippen molar-refractivity contribution < 1.29 is 18.5 Å². The van der Waals surface area contributed by atoms with Crippen LogP contribution in [0.1, 0.15) is 71.5 Å². The Balaban J connectivity index is 1.92. The minimum atomic E-state index is -2.06. The predicted molar refractivity (Wildman–Crippen MR) is 127 cm³/mol. The molecule has 0 saturated carbocycles. The number of rotatable bonds is 5. The van der Waals surface area contributed by atoms with Gasteiger partial charge in [0.2, 0.25) is 11.7 Å². The van der Waals surface area contributed by atoms with Crippen LogP contribution < -0.4 is 5.32 Å². The van der Waals surface area contributed by atoms with Crippen LogP contribution in [0, 0.1) is 0 Å². The number of hydrogen-bond acceptors (Lipinski definition) is 6. The van der Waals surface area contributed by atoms with Gasteiger partial charge in [0.1, 0.15) is 5.60 Å². The van der Waals surface area contributed by atoms with Gasteiger partial charge in [-0.25, -0.2) is 4.79 Å². The Kier molecular flexibility index (Phi) is 6.59. The summed E-state index contributed by atoms with van der Waals surface area (Å²) in [6.07, 6.45) is 0.802. The van der Waals surface area contributed by atoms with Gasteiger partial charge in [-0.1, -0.05) is 45.0 Å². The van der Waals surface area contributed by atoms with Crippen molar-refractivity contribution in [2.75, 3.05) is 0 Å². The summed E-state index contributed by atoms with van der Waals surface area (Å²) in [6, 6.07) is 5.81. The molecule has 1 aromatic carbocycles. The van der Waals surface area contributed by atoms with Gasteiger partial charge in [0.25, 0.3) is 0 Å². The summed E-state index contributed by atoms with van der Waals surface area (Å²) in [5, 5.41) is 7.24. The highest BCUT2D eigenvalue weighted by atomic mass is 28.4. The zero-order chi connectivity index (χ0) is 23.9. The summed E-state index contributed by atoms with van der Waals surface area (Å²) < 4.78 is 17.6. The molecule has 2 aromatic rings. The summed E-state index contributed by atoms with van der Waals surface area (Å²) in [5.74, 6) is 1.19. The van der Waals surface area contributed by atoms with Crippen molar-refractivity contribution in [3.05, 3.63) is 35.2 Å². The monoisotopic (exact) mass is 459 g/mol. The first-order valence-corrected chi connectivity index (χ1v) is 14.2. The molecule has 1 aromatic heterocycles. The zero-order valence-corrected chi connectivity index (χ0v) is 21.8. The summed E-state index contributed by atoms with van der Waals surface area (Å²) in [4.78, 5) is 17.1. The van der Waals surface area contributed by atoms with Crippen LogP contribution in [0.5, 0.6) is 0 Å². The summed E-state index contributed by atoms with van der Waals surface area (Å²) in [5.41, 5.74) is 2.50. The average Bonchev–Trinajstić information content (AvgIpc) is 3.24. The number of amides is 1. The van der Waals surface area contributed by atoms with Gasteiger partial charge in [-0.05, 0) is 56.1 Å². The molecule has 176 valence electrons. The highest BCUT2D eigenvalue weighted by Crippen LogP contribution is 2.42. The maximum atomic E-state index is 12.6. The van der Waals surface area contributed by atoms with Gasteiger partial charge >= 0.3 is 6.09 Å². The Morgan fingerprint density at radius 2 is 1.91 bits per heavy atom. The fourth-order valence-corrected chi connectivity index (χ4v) is 4.88. The van der Waals surface area contributed by atoms with Crippen LogP contribution >= 0.6 is 0 Å². The SMILES string of the molecule is CCc1nc(-c2ccc3c(c2)CC(O[Si](C)(C)C(C)(C)C)[C@H]3NC(=O)OC(C)(C)C)no1. The molecule has 0 aliphatic heterocycles. The van der Waals surface area contributed by atoms with Gasteiger partial charge < -0.3 is 19.0 Å². The van der Waals surface area contributed by atoms with Crippen LogP contribution in [0.2, 0.25) is 18.1 Å². The van der Waals surface area contributed by atoms with E-state index in [1.165, 1.54) is 0 Å². The predicted octanol–water partition coefficient (Wildman–Crippen LogP) is 5.81. The minimum absolute atomic E-state index is 0.0601. The standard InChI is InChI=1S/C24H37N3O4Si/c1-10-19-25-21(27-30-19)15-11-12-17-16(13-15)14-18(31-32(8,9)24(5,6)7)20(17)26-22(28)29-23(2,3)4/h11-13,18,20H,10,14H2,1-9H3,(H,26,28)/t18?,20-/m0/s1. The van der Waals surface area contributed by atoms with Crippen LogP contribution in [-0.2, 0) is 22.0 Å². The Morgan fingerprint density at radius 3 is 2.47 bits per heavy atom. The number of aromatic nitrogens is 2. The Morgan fingerprint density at radius 1 is 1.22 bits per heavy atom. The van der Waals surface area contributed by atoms with Gasteiger partial charge in [-0.15, -0.1) is 0 Å². The van der Waals surface area contributed by atoms with E-state index >= 15 is 0 Å². The molecule has 2 atom stereocenters. The zero-order valence-electron chi connectivity index (χ0n) is 20.8. The topological polar surface area (TPSA) is 86.5 Å². The molecule has 3 rings (SSSR count). The number of ether oxygens (including phenoxy) is 1. The fraction of sp³-hybridized carbons (Fsp3) is 0.625. The molecule has 1 aliphatic carbocycles. The van der Waals surface area contributed by atoms with Gasteiger partial charge in [0, 0.05) is 18.4 Å². The van der Waals surface area contributed by atoms with E-state index in [9.17, 15) is 4.79 Å². The van der Waals surface area contributed by atoms with Crippen molar-refractivity contribution in [1.29, 1.82) is 0 Å². The molecule has 7 nitrogen and oxygen atoms in total. The highest BCUT2D eigenvalue weighted by molar-refractivity contribution is 6.74. The molecule has 0 fully saturated rings. The van der Waals surface area contributed by atoms with E-state index < -0.39 is 20.0 Å². The average molecular weight is 460 g/mol. The molecule has 1 heterocycles. The lowest BCUT2D eigenvalue weighted by Crippen LogP contribution is -2.47. The first kappa shape index (κ1) is 24.4. The molecule has 0 radical (unpaired) electrons. The van der Waals surface area contributed by atoms with Crippen molar-refractivity contribution in [2.24, 2.45) is 0 Å². The van der Waals surface area contributed by atoms with Crippen LogP contribution in [0.4, 0.5) is 4.79 Å². The third-order valence-electron chi connectivity index (χ3n) is 6.22. The van der Waals surface area contributed by atoms with Crippen molar-refractivity contribution in [3.8, 4) is 11.4 Å². The second-order valence-electron chi connectivity index (χ2n) is 11.0. The quantitative estimate of drug-likeness (QED) is 0.568. The van der Waals surface area contributed by atoms with E-state index in [1.54, 1.807) is 0 Å². The van der Waals surface area contributed by atoms with E-state index in [-0.39, 0.29) is 17.2 Å². The molecule has 0 saturated heterocycles. The molecule has 32 heavy (non-hydrogen) atoms. The smallest absolute Gasteiger partial charge is 0.408 e. The first-order valence-electron chi connectivity index (χ1n) is 11.3. The Labute approximate surface area is 192 Å². The van der Waals surface area contributed by atoms with E-state index in [0.29, 0.717) is 24.6 Å². The molecular weight excluding hydrogens is 422 g/mol. The number of nitrogens with one attached hydrogen (secondary N) is 1. The Bertz CT molecular complexity index is 972. The number of nitrogens with zero attached hydrogens (tertiary/aromatic N) is 2.